The van der Waals surface area contributed by atoms with Crippen molar-refractivity contribution in [3.05, 3.63) is 0 Å². The van der Waals surface area contributed by atoms with Gasteiger partial charge in [-0.25, -0.2) is 0 Å². The van der Waals surface area contributed by atoms with Gasteiger partial charge in [-0.2, -0.15) is 0 Å². The Hall–Kier alpha value is -0.610. The van der Waals surface area contributed by atoms with Crippen molar-refractivity contribution < 1.29 is 14.3 Å². The molecule has 0 aromatic carbocycles. The zero-order valence-electron chi connectivity index (χ0n) is 10.3. The molecule has 1 rings (SSSR count). The van der Waals surface area contributed by atoms with Crippen molar-refractivity contribution in [2.75, 3.05) is 13.2 Å². The van der Waals surface area contributed by atoms with E-state index in [1.165, 1.54) is 0 Å². The minimum Gasteiger partial charge on any atom is -0.463 e. The van der Waals surface area contributed by atoms with Crippen molar-refractivity contribution in [3.63, 3.8) is 0 Å². The zero-order valence-corrected chi connectivity index (χ0v) is 10.3. The Morgan fingerprint density at radius 2 is 2.00 bits per heavy atom. The lowest BCUT2D eigenvalue weighted by atomic mass is 9.85. The summed E-state index contributed by atoms with van der Waals surface area (Å²) >= 11 is 0. The summed E-state index contributed by atoms with van der Waals surface area (Å²) in [5.41, 5.74) is 5.90. The van der Waals surface area contributed by atoms with Crippen LogP contribution in [0.3, 0.4) is 0 Å². The van der Waals surface area contributed by atoms with Crippen molar-refractivity contribution in [2.24, 2.45) is 11.7 Å². The SMILES string of the molecule is CC(C)OCCOC(=O)C1CCCCC1N. The molecule has 0 aromatic rings. The number of hydrogen-bond acceptors (Lipinski definition) is 4. The van der Waals surface area contributed by atoms with Gasteiger partial charge >= 0.3 is 5.97 Å². The van der Waals surface area contributed by atoms with Crippen molar-refractivity contribution >= 4 is 5.97 Å². The quantitative estimate of drug-likeness (QED) is 0.573. The molecule has 16 heavy (non-hydrogen) atoms. The van der Waals surface area contributed by atoms with E-state index in [-0.39, 0.29) is 24.0 Å². The van der Waals surface area contributed by atoms with E-state index >= 15 is 0 Å². The van der Waals surface area contributed by atoms with E-state index in [2.05, 4.69) is 0 Å². The molecule has 1 aliphatic carbocycles. The van der Waals surface area contributed by atoms with Crippen LogP contribution in [0.4, 0.5) is 0 Å². The topological polar surface area (TPSA) is 61.5 Å². The summed E-state index contributed by atoms with van der Waals surface area (Å²) in [6.07, 6.45) is 4.18. The van der Waals surface area contributed by atoms with E-state index in [1.807, 2.05) is 13.8 Å². The van der Waals surface area contributed by atoms with E-state index in [1.54, 1.807) is 0 Å². The first-order valence-corrected chi connectivity index (χ1v) is 6.15. The van der Waals surface area contributed by atoms with Crippen LogP contribution >= 0.6 is 0 Å². The summed E-state index contributed by atoms with van der Waals surface area (Å²) in [6.45, 7) is 4.71. The number of hydrogen-bond donors (Lipinski definition) is 1. The lowest BCUT2D eigenvalue weighted by molar-refractivity contribution is -0.152. The van der Waals surface area contributed by atoms with Gasteiger partial charge in [0.05, 0.1) is 18.6 Å². The molecule has 0 aromatic heterocycles. The van der Waals surface area contributed by atoms with Crippen LogP contribution in [0, 0.1) is 5.92 Å². The monoisotopic (exact) mass is 229 g/mol. The summed E-state index contributed by atoms with van der Waals surface area (Å²) in [4.78, 5) is 11.7. The molecular weight excluding hydrogens is 206 g/mol. The maximum Gasteiger partial charge on any atom is 0.310 e. The molecule has 4 nitrogen and oxygen atoms in total. The summed E-state index contributed by atoms with van der Waals surface area (Å²) in [5.74, 6) is -0.257. The molecule has 0 saturated heterocycles. The Bertz CT molecular complexity index is 218. The number of ether oxygens (including phenoxy) is 2. The van der Waals surface area contributed by atoms with E-state index in [9.17, 15) is 4.79 Å². The Balaban J connectivity index is 2.18. The normalized spacial score (nSPS) is 25.8. The van der Waals surface area contributed by atoms with Crippen LogP contribution < -0.4 is 5.73 Å². The molecule has 0 bridgehead atoms. The minimum atomic E-state index is -0.153. The molecule has 2 unspecified atom stereocenters. The lowest BCUT2D eigenvalue weighted by Crippen LogP contribution is -2.39. The number of esters is 1. The molecule has 94 valence electrons. The molecule has 4 heteroatoms. The fourth-order valence-corrected chi connectivity index (χ4v) is 1.99. The second-order valence-corrected chi connectivity index (χ2v) is 4.64. The first-order valence-electron chi connectivity index (χ1n) is 6.15. The van der Waals surface area contributed by atoms with Gasteiger partial charge < -0.3 is 15.2 Å². The molecule has 0 spiro atoms. The lowest BCUT2D eigenvalue weighted by Gasteiger charge is -2.26. The summed E-state index contributed by atoms with van der Waals surface area (Å²) in [7, 11) is 0. The summed E-state index contributed by atoms with van der Waals surface area (Å²) < 4.78 is 10.5. The van der Waals surface area contributed by atoms with Gasteiger partial charge in [-0.15, -0.1) is 0 Å². The average molecular weight is 229 g/mol. The molecule has 0 aliphatic heterocycles. The summed E-state index contributed by atoms with van der Waals surface area (Å²) in [6, 6.07) is -0.0210. The van der Waals surface area contributed by atoms with Gasteiger partial charge in [-0.05, 0) is 26.7 Å². The molecular formula is C12H23NO3. The minimum absolute atomic E-state index is 0.0210. The molecule has 1 saturated carbocycles. The van der Waals surface area contributed by atoms with E-state index < -0.39 is 0 Å². The first kappa shape index (κ1) is 13.5. The first-order chi connectivity index (χ1) is 7.61. The third-order valence-electron chi connectivity index (χ3n) is 2.90. The molecule has 0 amide bonds. The van der Waals surface area contributed by atoms with Crippen LogP contribution in [0.15, 0.2) is 0 Å². The Morgan fingerprint density at radius 1 is 1.31 bits per heavy atom. The van der Waals surface area contributed by atoms with Gasteiger partial charge in [-0.3, -0.25) is 4.79 Å². The second kappa shape index (κ2) is 6.86. The Labute approximate surface area is 97.5 Å². The highest BCUT2D eigenvalue weighted by Crippen LogP contribution is 2.23. The third-order valence-corrected chi connectivity index (χ3v) is 2.90. The van der Waals surface area contributed by atoms with E-state index in [0.717, 1.165) is 25.7 Å². The van der Waals surface area contributed by atoms with Crippen LogP contribution in [0.1, 0.15) is 39.5 Å². The summed E-state index contributed by atoms with van der Waals surface area (Å²) in [5, 5.41) is 0. The third kappa shape index (κ3) is 4.49. The predicted octanol–water partition coefficient (Wildman–Crippen LogP) is 1.47. The second-order valence-electron chi connectivity index (χ2n) is 4.64. The van der Waals surface area contributed by atoms with Gasteiger partial charge in [0.25, 0.3) is 0 Å². The van der Waals surface area contributed by atoms with Gasteiger partial charge in [-0.1, -0.05) is 12.8 Å². The molecule has 2 N–H and O–H groups in total. The number of carbonyl (C=O) groups is 1. The van der Waals surface area contributed by atoms with Gasteiger partial charge in [0.15, 0.2) is 0 Å². The molecule has 1 aliphatic rings. The van der Waals surface area contributed by atoms with Gasteiger partial charge in [0.2, 0.25) is 0 Å². The van der Waals surface area contributed by atoms with Crippen LogP contribution in [0.25, 0.3) is 0 Å². The standard InChI is InChI=1S/C12H23NO3/c1-9(2)15-7-8-16-12(14)10-5-3-4-6-11(10)13/h9-11H,3-8,13H2,1-2H3. The van der Waals surface area contributed by atoms with Crippen LogP contribution in [-0.4, -0.2) is 31.3 Å². The van der Waals surface area contributed by atoms with Crippen LogP contribution in [0.2, 0.25) is 0 Å². The fraction of sp³-hybridized carbons (Fsp3) is 0.917. The maximum atomic E-state index is 11.7. The molecule has 2 atom stereocenters. The van der Waals surface area contributed by atoms with Crippen molar-refractivity contribution in [1.29, 1.82) is 0 Å². The fourth-order valence-electron chi connectivity index (χ4n) is 1.99. The highest BCUT2D eigenvalue weighted by atomic mass is 16.6. The number of carbonyl (C=O) groups excluding carboxylic acids is 1. The maximum absolute atomic E-state index is 11.7. The van der Waals surface area contributed by atoms with Crippen LogP contribution in [0.5, 0.6) is 0 Å². The zero-order chi connectivity index (χ0) is 12.0. The number of nitrogens with two attached hydrogens (primary N) is 1. The largest absolute Gasteiger partial charge is 0.463 e. The van der Waals surface area contributed by atoms with E-state index in [0.29, 0.717) is 13.2 Å². The van der Waals surface area contributed by atoms with Crippen molar-refractivity contribution in [3.8, 4) is 0 Å². The molecule has 0 radical (unpaired) electrons. The smallest absolute Gasteiger partial charge is 0.310 e. The Morgan fingerprint density at radius 3 is 2.62 bits per heavy atom. The van der Waals surface area contributed by atoms with Crippen molar-refractivity contribution in [2.45, 2.75) is 51.7 Å². The molecule has 1 fully saturated rings. The van der Waals surface area contributed by atoms with E-state index in [4.69, 9.17) is 15.2 Å². The van der Waals surface area contributed by atoms with Crippen molar-refractivity contribution in [1.82, 2.24) is 0 Å². The average Bonchev–Trinajstić information content (AvgIpc) is 2.24. The number of rotatable bonds is 5. The molecule has 0 heterocycles. The van der Waals surface area contributed by atoms with Crippen LogP contribution in [-0.2, 0) is 14.3 Å². The Kier molecular flexibility index (Phi) is 5.77. The van der Waals surface area contributed by atoms with Gasteiger partial charge in [0.1, 0.15) is 6.61 Å². The predicted molar refractivity (Wildman–Crippen MR) is 62.0 cm³/mol. The highest BCUT2D eigenvalue weighted by Gasteiger charge is 2.29. The van der Waals surface area contributed by atoms with Gasteiger partial charge in [0, 0.05) is 6.04 Å². The highest BCUT2D eigenvalue weighted by molar-refractivity contribution is 5.73.